The largest absolute Gasteiger partial charge is 0.461 e. The number of carbonyl (C=O) groups is 1. The van der Waals surface area contributed by atoms with Crippen LogP contribution in [0, 0.1) is 40.4 Å². The van der Waals surface area contributed by atoms with Crippen LogP contribution >= 0.6 is 0 Å². The van der Waals surface area contributed by atoms with E-state index in [1.54, 1.807) is 21.3 Å². The number of methoxy groups -OCH3 is 3. The van der Waals surface area contributed by atoms with E-state index in [-0.39, 0.29) is 53.3 Å². The van der Waals surface area contributed by atoms with Crippen molar-refractivity contribution in [2.75, 3.05) is 34.4 Å². The van der Waals surface area contributed by atoms with Crippen molar-refractivity contribution in [1.82, 2.24) is 4.90 Å². The van der Waals surface area contributed by atoms with Gasteiger partial charge in [0.15, 0.2) is 0 Å². The predicted octanol–water partition coefficient (Wildman–Crippen LogP) is 1.85. The molecule has 13 atom stereocenters. The van der Waals surface area contributed by atoms with Crippen LogP contribution in [0.4, 0.5) is 0 Å². The molecular weight excluding hydrogens is 462 g/mol. The van der Waals surface area contributed by atoms with Crippen LogP contribution < -0.4 is 0 Å². The summed E-state index contributed by atoms with van der Waals surface area (Å²) in [5, 5.41) is 26.0. The Kier molecular flexibility index (Phi) is 5.59. The lowest BCUT2D eigenvalue weighted by Gasteiger charge is -2.69. The number of nitrogens with zero attached hydrogens (tertiary/aromatic N) is 1. The molecule has 1 saturated heterocycles. The van der Waals surface area contributed by atoms with Crippen molar-refractivity contribution in [3.05, 3.63) is 0 Å². The Labute approximate surface area is 215 Å². The highest BCUT2D eigenvalue weighted by atomic mass is 16.6. The maximum Gasteiger partial charge on any atom is 0.308 e. The Bertz CT molecular complexity index is 930. The van der Waals surface area contributed by atoms with Crippen LogP contribution in [0.5, 0.6) is 0 Å². The van der Waals surface area contributed by atoms with Gasteiger partial charge in [-0.1, -0.05) is 27.7 Å². The van der Waals surface area contributed by atoms with E-state index in [0.717, 1.165) is 32.4 Å². The van der Waals surface area contributed by atoms with E-state index in [9.17, 15) is 15.0 Å². The minimum atomic E-state index is -1.54. The molecule has 204 valence electrons. The fourth-order valence-electron chi connectivity index (χ4n) is 11.1. The first-order chi connectivity index (χ1) is 17.0. The second-order valence-electron chi connectivity index (χ2n) is 13.3. The Morgan fingerprint density at radius 1 is 1.14 bits per heavy atom. The van der Waals surface area contributed by atoms with Crippen LogP contribution in [-0.2, 0) is 23.7 Å². The van der Waals surface area contributed by atoms with Crippen molar-refractivity contribution in [1.29, 1.82) is 0 Å². The van der Waals surface area contributed by atoms with Crippen molar-refractivity contribution in [3.8, 4) is 0 Å². The second kappa shape index (κ2) is 7.89. The molecule has 6 fully saturated rings. The maximum atomic E-state index is 13.1. The highest BCUT2D eigenvalue weighted by Crippen LogP contribution is 2.80. The Hall–Kier alpha value is -0.770. The first-order valence-corrected chi connectivity index (χ1v) is 14.0. The Morgan fingerprint density at radius 2 is 1.86 bits per heavy atom. The molecule has 36 heavy (non-hydrogen) atoms. The van der Waals surface area contributed by atoms with E-state index in [1.807, 2.05) is 13.8 Å². The maximum absolute atomic E-state index is 13.1. The van der Waals surface area contributed by atoms with Gasteiger partial charge in [0, 0.05) is 57.5 Å². The fraction of sp³-hybridized carbons (Fsp3) is 0.964. The summed E-state index contributed by atoms with van der Waals surface area (Å²) in [6, 6.07) is -0.301. The molecule has 6 rings (SSSR count). The highest BCUT2D eigenvalue weighted by molar-refractivity contribution is 5.72. The summed E-state index contributed by atoms with van der Waals surface area (Å²) >= 11 is 0. The number of likely N-dealkylation sites (N-methyl/N-ethyl adjacent to an activating group) is 1. The van der Waals surface area contributed by atoms with Gasteiger partial charge in [0.1, 0.15) is 17.3 Å². The molecule has 1 aliphatic heterocycles. The third kappa shape index (κ3) is 2.56. The number of hydrogen-bond donors (Lipinski definition) is 2. The number of ether oxygens (including phenoxy) is 4. The molecule has 0 aromatic heterocycles. The van der Waals surface area contributed by atoms with Crippen LogP contribution in [-0.4, -0.2) is 97.2 Å². The standard InChI is InChI=1S/C28H45NO7/c1-8-29-13-25(4)10-9-18(34-6)27-16-11-15-17(33-5)12-26(31,19(16)20(15)36-23(30)14(2)3)28(32,24(27)29)22(35-7)21(25)27/h14-22,24,31-32H,8-13H2,1-7H3/t15-,16-,17+,18?,19-,20+,21-,22+,24+,25+,26-,27+,28+/m1/s1. The van der Waals surface area contributed by atoms with Gasteiger partial charge in [-0.25, -0.2) is 0 Å². The van der Waals surface area contributed by atoms with Gasteiger partial charge in [-0.2, -0.15) is 0 Å². The first-order valence-electron chi connectivity index (χ1n) is 14.0. The van der Waals surface area contributed by atoms with Crippen molar-refractivity contribution in [2.24, 2.45) is 40.4 Å². The number of carbonyl (C=O) groups excluding carboxylic acids is 1. The average molecular weight is 508 g/mol. The average Bonchev–Trinajstić information content (AvgIpc) is 3.24. The van der Waals surface area contributed by atoms with E-state index in [2.05, 4.69) is 18.7 Å². The summed E-state index contributed by atoms with van der Waals surface area (Å²) in [4.78, 5) is 15.4. The molecule has 5 aliphatic carbocycles. The topological polar surface area (TPSA) is 97.7 Å². The molecule has 0 aromatic rings. The van der Waals surface area contributed by atoms with Crippen LogP contribution in [0.1, 0.15) is 53.4 Å². The molecule has 0 amide bonds. The fourth-order valence-corrected chi connectivity index (χ4v) is 11.1. The van der Waals surface area contributed by atoms with Crippen LogP contribution in [0.2, 0.25) is 0 Å². The van der Waals surface area contributed by atoms with Gasteiger partial charge in [-0.05, 0) is 37.1 Å². The molecular formula is C28H45NO7. The molecule has 5 saturated carbocycles. The smallest absolute Gasteiger partial charge is 0.308 e. The van der Waals surface area contributed by atoms with Gasteiger partial charge < -0.3 is 29.2 Å². The highest BCUT2D eigenvalue weighted by Gasteiger charge is 2.91. The van der Waals surface area contributed by atoms with E-state index < -0.39 is 34.7 Å². The number of hydrogen-bond acceptors (Lipinski definition) is 8. The zero-order chi connectivity index (χ0) is 26.0. The van der Waals surface area contributed by atoms with E-state index in [1.165, 1.54) is 0 Å². The number of likely N-dealkylation sites (tertiary alicyclic amines) is 1. The molecule has 0 radical (unpaired) electrons. The lowest BCUT2D eigenvalue weighted by Crippen LogP contribution is -2.81. The lowest BCUT2D eigenvalue weighted by molar-refractivity contribution is -0.318. The quantitative estimate of drug-likeness (QED) is 0.526. The number of fused-ring (bicyclic) bond motifs is 2. The summed E-state index contributed by atoms with van der Waals surface area (Å²) < 4.78 is 24.8. The monoisotopic (exact) mass is 507 g/mol. The van der Waals surface area contributed by atoms with Crippen LogP contribution in [0.3, 0.4) is 0 Å². The predicted molar refractivity (Wildman–Crippen MR) is 131 cm³/mol. The normalized spacial score (nSPS) is 56.8. The number of aliphatic hydroxyl groups is 2. The minimum Gasteiger partial charge on any atom is -0.461 e. The third-order valence-corrected chi connectivity index (χ3v) is 12.0. The van der Waals surface area contributed by atoms with Gasteiger partial charge in [0.2, 0.25) is 0 Å². The zero-order valence-electron chi connectivity index (χ0n) is 22.9. The summed E-state index contributed by atoms with van der Waals surface area (Å²) in [6.45, 7) is 9.82. The van der Waals surface area contributed by atoms with Gasteiger partial charge in [-0.3, -0.25) is 9.69 Å². The molecule has 1 heterocycles. The van der Waals surface area contributed by atoms with Crippen LogP contribution in [0.15, 0.2) is 0 Å². The van der Waals surface area contributed by atoms with E-state index >= 15 is 0 Å². The van der Waals surface area contributed by atoms with Gasteiger partial charge in [0.25, 0.3) is 0 Å². The molecule has 8 heteroatoms. The first kappa shape index (κ1) is 25.5. The number of piperidine rings is 1. The molecule has 1 spiro atoms. The van der Waals surface area contributed by atoms with Crippen molar-refractivity contribution >= 4 is 5.97 Å². The zero-order valence-corrected chi connectivity index (χ0v) is 22.9. The Balaban J connectivity index is 1.62. The Morgan fingerprint density at radius 3 is 2.44 bits per heavy atom. The lowest BCUT2D eigenvalue weighted by atomic mass is 9.43. The third-order valence-electron chi connectivity index (χ3n) is 12.0. The number of rotatable bonds is 6. The summed E-state index contributed by atoms with van der Waals surface area (Å²) in [5.74, 6) is -0.891. The van der Waals surface area contributed by atoms with Crippen molar-refractivity contribution in [2.45, 2.75) is 95.0 Å². The number of esters is 1. The molecule has 8 nitrogen and oxygen atoms in total. The second-order valence-corrected chi connectivity index (χ2v) is 13.3. The summed E-state index contributed by atoms with van der Waals surface area (Å²) in [7, 11) is 5.14. The molecule has 2 N–H and O–H groups in total. The summed E-state index contributed by atoms with van der Waals surface area (Å²) in [5.41, 5.74) is -3.55. The minimum absolute atomic E-state index is 0.0203. The molecule has 0 aromatic carbocycles. The van der Waals surface area contributed by atoms with Gasteiger partial charge >= 0.3 is 5.97 Å². The molecule has 6 aliphatic rings. The van der Waals surface area contributed by atoms with Crippen molar-refractivity contribution < 1.29 is 34.0 Å². The molecule has 7 bridgehead atoms. The molecule has 1 unspecified atom stereocenters. The van der Waals surface area contributed by atoms with E-state index in [4.69, 9.17) is 18.9 Å². The van der Waals surface area contributed by atoms with Gasteiger partial charge in [-0.15, -0.1) is 0 Å². The van der Waals surface area contributed by atoms with Crippen LogP contribution in [0.25, 0.3) is 0 Å². The summed E-state index contributed by atoms with van der Waals surface area (Å²) in [6.07, 6.45) is 1.56. The SMILES string of the molecule is CCN1C[C@]2(C)CCC(OC)[C@@]34[C@@H]5C[C@H]6[C@H](OC(=O)C(C)C)[C@@H]5[C@](O)(C[C@@H]6OC)[C@](O)([C@@H](OC)[C@H]23)[C@@H]14. The van der Waals surface area contributed by atoms with E-state index in [0.29, 0.717) is 6.42 Å². The van der Waals surface area contributed by atoms with Gasteiger partial charge in [0.05, 0.1) is 30.3 Å². The van der Waals surface area contributed by atoms with Crippen molar-refractivity contribution in [3.63, 3.8) is 0 Å².